The van der Waals surface area contributed by atoms with Crippen molar-refractivity contribution in [1.29, 1.82) is 0 Å². The van der Waals surface area contributed by atoms with Crippen LogP contribution in [0.1, 0.15) is 29.6 Å². The van der Waals surface area contributed by atoms with Crippen molar-refractivity contribution in [1.82, 2.24) is 0 Å². The van der Waals surface area contributed by atoms with Crippen LogP contribution in [0.25, 0.3) is 0 Å². The number of nitrogens with two attached hydrogens (primary N) is 1. The number of rotatable bonds is 2. The Labute approximate surface area is 98.6 Å². The summed E-state index contributed by atoms with van der Waals surface area (Å²) in [6, 6.07) is 4.23. The molecule has 1 aromatic carbocycles. The van der Waals surface area contributed by atoms with Crippen LogP contribution in [0.15, 0.2) is 18.2 Å². The van der Waals surface area contributed by atoms with E-state index in [-0.39, 0.29) is 23.3 Å². The molecular weight excluding hydrogens is 229 g/mol. The van der Waals surface area contributed by atoms with Gasteiger partial charge in [0.05, 0.1) is 5.56 Å². The molecular formula is C12H13ClFNO. The van der Waals surface area contributed by atoms with Gasteiger partial charge in [-0.25, -0.2) is 4.39 Å². The summed E-state index contributed by atoms with van der Waals surface area (Å²) >= 11 is 5.63. The summed E-state index contributed by atoms with van der Waals surface area (Å²) < 4.78 is 13.5. The van der Waals surface area contributed by atoms with Gasteiger partial charge in [0.1, 0.15) is 5.82 Å². The van der Waals surface area contributed by atoms with Crippen LogP contribution in [0.5, 0.6) is 0 Å². The van der Waals surface area contributed by atoms with Gasteiger partial charge in [0.2, 0.25) is 0 Å². The zero-order valence-electron chi connectivity index (χ0n) is 8.75. The van der Waals surface area contributed by atoms with Crippen molar-refractivity contribution in [2.45, 2.75) is 25.3 Å². The first kappa shape index (κ1) is 11.6. The Kier molecular flexibility index (Phi) is 3.26. The van der Waals surface area contributed by atoms with E-state index in [1.54, 1.807) is 0 Å². The largest absolute Gasteiger partial charge is 0.328 e. The molecule has 0 bridgehead atoms. The number of benzene rings is 1. The molecule has 2 N–H and O–H groups in total. The highest BCUT2D eigenvalue weighted by molar-refractivity contribution is 6.30. The number of halogens is 2. The molecule has 1 aromatic rings. The molecule has 0 radical (unpaired) electrons. The summed E-state index contributed by atoms with van der Waals surface area (Å²) in [5, 5.41) is 0.303. The maximum atomic E-state index is 13.5. The number of ketones is 1. The monoisotopic (exact) mass is 241 g/mol. The van der Waals surface area contributed by atoms with E-state index in [1.165, 1.54) is 18.2 Å². The van der Waals surface area contributed by atoms with E-state index in [4.69, 9.17) is 17.3 Å². The summed E-state index contributed by atoms with van der Waals surface area (Å²) in [4.78, 5) is 12.0. The standard InChI is InChI=1S/C12H13ClFNO/c13-8-2-4-10(11(14)6-8)12(16)7-1-3-9(15)5-7/h2,4,6-7,9H,1,3,5,15H2. The van der Waals surface area contributed by atoms with Crippen molar-refractivity contribution in [3.05, 3.63) is 34.6 Å². The second kappa shape index (κ2) is 4.52. The molecule has 4 heteroatoms. The van der Waals surface area contributed by atoms with Gasteiger partial charge < -0.3 is 5.73 Å². The lowest BCUT2D eigenvalue weighted by Crippen LogP contribution is -2.18. The molecule has 16 heavy (non-hydrogen) atoms. The third kappa shape index (κ3) is 2.25. The van der Waals surface area contributed by atoms with Crippen LogP contribution in [0.2, 0.25) is 5.02 Å². The third-order valence-electron chi connectivity index (χ3n) is 3.04. The molecule has 2 unspecified atom stereocenters. The van der Waals surface area contributed by atoms with Crippen LogP contribution in [0.3, 0.4) is 0 Å². The fraction of sp³-hybridized carbons (Fsp3) is 0.417. The second-order valence-electron chi connectivity index (χ2n) is 4.26. The highest BCUT2D eigenvalue weighted by Gasteiger charge is 2.29. The normalized spacial score (nSPS) is 24.7. The van der Waals surface area contributed by atoms with Crippen molar-refractivity contribution in [3.63, 3.8) is 0 Å². The molecule has 1 aliphatic carbocycles. The SMILES string of the molecule is NC1CCC(C(=O)c2ccc(Cl)cc2F)C1. The maximum Gasteiger partial charge on any atom is 0.168 e. The second-order valence-corrected chi connectivity index (χ2v) is 4.69. The molecule has 1 fully saturated rings. The van der Waals surface area contributed by atoms with Gasteiger partial charge in [0.25, 0.3) is 0 Å². The summed E-state index contributed by atoms with van der Waals surface area (Å²) in [5.41, 5.74) is 5.86. The van der Waals surface area contributed by atoms with Crippen LogP contribution < -0.4 is 5.73 Å². The Morgan fingerprint density at radius 1 is 1.44 bits per heavy atom. The molecule has 0 aliphatic heterocycles. The number of carbonyl (C=O) groups excluding carboxylic acids is 1. The van der Waals surface area contributed by atoms with Crippen molar-refractivity contribution in [2.75, 3.05) is 0 Å². The van der Waals surface area contributed by atoms with Gasteiger partial charge in [-0.15, -0.1) is 0 Å². The molecule has 2 atom stereocenters. The van der Waals surface area contributed by atoms with Crippen molar-refractivity contribution >= 4 is 17.4 Å². The van der Waals surface area contributed by atoms with E-state index in [1.807, 2.05) is 0 Å². The van der Waals surface area contributed by atoms with Crippen LogP contribution in [-0.2, 0) is 0 Å². The first-order chi connectivity index (χ1) is 7.58. The van der Waals surface area contributed by atoms with Crippen LogP contribution in [0.4, 0.5) is 4.39 Å². The van der Waals surface area contributed by atoms with Gasteiger partial charge in [-0.3, -0.25) is 4.79 Å². The van der Waals surface area contributed by atoms with Crippen molar-refractivity contribution in [3.8, 4) is 0 Å². The third-order valence-corrected chi connectivity index (χ3v) is 3.28. The van der Waals surface area contributed by atoms with E-state index in [0.29, 0.717) is 11.4 Å². The Hall–Kier alpha value is -0.930. The Morgan fingerprint density at radius 3 is 2.75 bits per heavy atom. The van der Waals surface area contributed by atoms with Gasteiger partial charge in [0.15, 0.2) is 5.78 Å². The molecule has 0 heterocycles. The van der Waals surface area contributed by atoms with Crippen LogP contribution in [0, 0.1) is 11.7 Å². The minimum Gasteiger partial charge on any atom is -0.328 e. The van der Waals surface area contributed by atoms with Gasteiger partial charge in [0, 0.05) is 17.0 Å². The lowest BCUT2D eigenvalue weighted by atomic mass is 9.96. The lowest BCUT2D eigenvalue weighted by Gasteiger charge is -2.09. The smallest absolute Gasteiger partial charge is 0.168 e. The minimum atomic E-state index is -0.544. The quantitative estimate of drug-likeness (QED) is 0.809. The predicted octanol–water partition coefficient (Wildman–Crippen LogP) is 2.79. The number of hydrogen-bond acceptors (Lipinski definition) is 2. The van der Waals surface area contributed by atoms with E-state index in [9.17, 15) is 9.18 Å². The number of Topliss-reactive ketones (excluding diaryl/α,β-unsaturated/α-hetero) is 1. The highest BCUT2D eigenvalue weighted by atomic mass is 35.5. The average Bonchev–Trinajstić information content (AvgIpc) is 2.64. The zero-order chi connectivity index (χ0) is 11.7. The summed E-state index contributed by atoms with van der Waals surface area (Å²) in [7, 11) is 0. The Morgan fingerprint density at radius 2 is 2.19 bits per heavy atom. The molecule has 1 aliphatic rings. The van der Waals surface area contributed by atoms with E-state index < -0.39 is 5.82 Å². The fourth-order valence-corrected chi connectivity index (χ4v) is 2.32. The first-order valence-electron chi connectivity index (χ1n) is 5.33. The Balaban J connectivity index is 2.21. The molecule has 0 amide bonds. The zero-order valence-corrected chi connectivity index (χ0v) is 9.51. The first-order valence-corrected chi connectivity index (χ1v) is 5.70. The molecule has 0 spiro atoms. The predicted molar refractivity (Wildman–Crippen MR) is 61.1 cm³/mol. The van der Waals surface area contributed by atoms with Gasteiger partial charge in [-0.2, -0.15) is 0 Å². The molecule has 86 valence electrons. The topological polar surface area (TPSA) is 43.1 Å². The average molecular weight is 242 g/mol. The van der Waals surface area contributed by atoms with Gasteiger partial charge in [-0.05, 0) is 37.5 Å². The molecule has 1 saturated carbocycles. The van der Waals surface area contributed by atoms with Crippen molar-refractivity contribution in [2.24, 2.45) is 11.7 Å². The highest BCUT2D eigenvalue weighted by Crippen LogP contribution is 2.28. The van der Waals surface area contributed by atoms with Crippen LogP contribution in [-0.4, -0.2) is 11.8 Å². The number of hydrogen-bond donors (Lipinski definition) is 1. The van der Waals surface area contributed by atoms with Crippen molar-refractivity contribution < 1.29 is 9.18 Å². The number of carbonyl (C=O) groups is 1. The minimum absolute atomic E-state index is 0.0734. The molecule has 2 rings (SSSR count). The molecule has 0 aromatic heterocycles. The summed E-state index contributed by atoms with van der Waals surface area (Å²) in [6.45, 7) is 0. The Bertz CT molecular complexity index is 421. The van der Waals surface area contributed by atoms with E-state index in [2.05, 4.69) is 0 Å². The van der Waals surface area contributed by atoms with Gasteiger partial charge in [-0.1, -0.05) is 11.6 Å². The summed E-state index contributed by atoms with van der Waals surface area (Å²) in [5.74, 6) is -0.828. The van der Waals surface area contributed by atoms with E-state index in [0.717, 1.165) is 12.8 Å². The maximum absolute atomic E-state index is 13.5. The molecule has 0 saturated heterocycles. The fourth-order valence-electron chi connectivity index (χ4n) is 2.16. The summed E-state index contributed by atoms with van der Waals surface area (Å²) in [6.07, 6.45) is 2.24. The molecule has 2 nitrogen and oxygen atoms in total. The van der Waals surface area contributed by atoms with E-state index >= 15 is 0 Å². The lowest BCUT2D eigenvalue weighted by molar-refractivity contribution is 0.0917. The van der Waals surface area contributed by atoms with Gasteiger partial charge >= 0.3 is 0 Å². The van der Waals surface area contributed by atoms with Crippen LogP contribution >= 0.6 is 11.6 Å².